The number of nitrogens with one attached hydrogen (secondary N) is 1. The molecular formula is C18H12ClF2N3OS2. The number of amides is 1. The molecule has 0 radical (unpaired) electrons. The molecule has 0 bridgehead atoms. The lowest BCUT2D eigenvalue weighted by atomic mass is 10.2. The molecule has 0 fully saturated rings. The number of aromatic nitrogens is 2. The third-order valence-electron chi connectivity index (χ3n) is 3.31. The van der Waals surface area contributed by atoms with Gasteiger partial charge in [0, 0.05) is 17.4 Å². The van der Waals surface area contributed by atoms with E-state index in [0.29, 0.717) is 15.2 Å². The monoisotopic (exact) mass is 423 g/mol. The zero-order chi connectivity index (χ0) is 19.2. The number of halogens is 3. The maximum absolute atomic E-state index is 13.7. The van der Waals surface area contributed by atoms with E-state index in [1.54, 1.807) is 12.1 Å². The fourth-order valence-electron chi connectivity index (χ4n) is 2.02. The van der Waals surface area contributed by atoms with Crippen LogP contribution in [0.1, 0.15) is 11.1 Å². The van der Waals surface area contributed by atoms with Crippen LogP contribution >= 0.6 is 34.7 Å². The molecule has 1 heterocycles. The van der Waals surface area contributed by atoms with E-state index in [-0.39, 0.29) is 16.4 Å². The molecule has 0 unspecified atom stereocenters. The summed E-state index contributed by atoms with van der Waals surface area (Å²) in [7, 11) is 0. The minimum Gasteiger partial charge on any atom is -0.297 e. The lowest BCUT2D eigenvalue weighted by Crippen LogP contribution is -2.07. The summed E-state index contributed by atoms with van der Waals surface area (Å²) in [6.07, 6.45) is 2.48. The van der Waals surface area contributed by atoms with Crippen molar-refractivity contribution >= 4 is 51.8 Å². The van der Waals surface area contributed by atoms with Crippen LogP contribution in [0, 0.1) is 11.6 Å². The second-order valence-electron chi connectivity index (χ2n) is 5.25. The predicted molar refractivity (Wildman–Crippen MR) is 105 cm³/mol. The van der Waals surface area contributed by atoms with E-state index in [9.17, 15) is 13.6 Å². The van der Waals surface area contributed by atoms with Crippen LogP contribution in [0.2, 0.25) is 5.02 Å². The van der Waals surface area contributed by atoms with Gasteiger partial charge in [-0.3, -0.25) is 10.1 Å². The molecule has 0 aliphatic carbocycles. The van der Waals surface area contributed by atoms with Gasteiger partial charge in [-0.1, -0.05) is 52.9 Å². The molecule has 0 aliphatic heterocycles. The third kappa shape index (κ3) is 5.59. The lowest BCUT2D eigenvalue weighted by Gasteiger charge is -1.99. The van der Waals surface area contributed by atoms with Gasteiger partial charge in [0.15, 0.2) is 4.34 Å². The Balaban J connectivity index is 1.56. The smallest absolute Gasteiger partial charge is 0.250 e. The van der Waals surface area contributed by atoms with Crippen molar-refractivity contribution in [2.75, 3.05) is 5.32 Å². The van der Waals surface area contributed by atoms with Gasteiger partial charge in [-0.25, -0.2) is 8.78 Å². The van der Waals surface area contributed by atoms with Crippen LogP contribution in [-0.2, 0) is 10.5 Å². The van der Waals surface area contributed by atoms with E-state index in [1.165, 1.54) is 65.6 Å². The zero-order valence-electron chi connectivity index (χ0n) is 13.7. The van der Waals surface area contributed by atoms with Crippen molar-refractivity contribution in [1.29, 1.82) is 0 Å². The van der Waals surface area contributed by atoms with Gasteiger partial charge < -0.3 is 0 Å². The average molecular weight is 424 g/mol. The van der Waals surface area contributed by atoms with E-state index in [0.717, 1.165) is 5.56 Å². The minimum atomic E-state index is -0.512. The highest BCUT2D eigenvalue weighted by molar-refractivity contribution is 8.00. The van der Waals surface area contributed by atoms with Gasteiger partial charge >= 0.3 is 0 Å². The molecule has 3 aromatic rings. The Labute approximate surface area is 167 Å². The molecule has 0 spiro atoms. The summed E-state index contributed by atoms with van der Waals surface area (Å²) in [5, 5.41) is 11.0. The van der Waals surface area contributed by atoms with E-state index in [1.807, 2.05) is 0 Å². The Morgan fingerprint density at radius 3 is 2.70 bits per heavy atom. The quantitative estimate of drug-likeness (QED) is 0.327. The first-order valence-corrected chi connectivity index (χ1v) is 9.83. The van der Waals surface area contributed by atoms with Crippen molar-refractivity contribution in [3.8, 4) is 0 Å². The SMILES string of the molecule is O=C(/C=C/c1c(F)cccc1Cl)Nc1nnc(SCc2ccc(F)cc2)s1. The molecule has 0 atom stereocenters. The Morgan fingerprint density at radius 1 is 1.19 bits per heavy atom. The van der Waals surface area contributed by atoms with Gasteiger partial charge in [-0.05, 0) is 35.9 Å². The standard InChI is InChI=1S/C18H12ClF2N3OS2/c19-14-2-1-3-15(21)13(14)8-9-16(25)22-17-23-24-18(27-17)26-10-11-4-6-12(20)7-5-11/h1-9H,10H2,(H,22,23,25)/b9-8+. The number of benzene rings is 2. The second kappa shape index (κ2) is 9.07. The fourth-order valence-corrected chi connectivity index (χ4v) is 3.96. The van der Waals surface area contributed by atoms with Gasteiger partial charge in [0.05, 0.1) is 5.02 Å². The van der Waals surface area contributed by atoms with Crippen LogP contribution in [0.5, 0.6) is 0 Å². The van der Waals surface area contributed by atoms with Crippen molar-refractivity contribution in [2.45, 2.75) is 10.1 Å². The number of carbonyl (C=O) groups is 1. The van der Waals surface area contributed by atoms with Crippen LogP contribution in [0.15, 0.2) is 52.9 Å². The molecule has 9 heteroatoms. The van der Waals surface area contributed by atoms with Crippen molar-refractivity contribution in [3.63, 3.8) is 0 Å². The first kappa shape index (κ1) is 19.5. The van der Waals surface area contributed by atoms with Gasteiger partial charge in [0.25, 0.3) is 0 Å². The van der Waals surface area contributed by atoms with Crippen LogP contribution < -0.4 is 5.32 Å². The number of thioether (sulfide) groups is 1. The van der Waals surface area contributed by atoms with E-state index in [2.05, 4.69) is 15.5 Å². The maximum Gasteiger partial charge on any atom is 0.250 e. The summed E-state index contributed by atoms with van der Waals surface area (Å²) in [6, 6.07) is 10.5. The van der Waals surface area contributed by atoms with Crippen molar-refractivity contribution in [2.24, 2.45) is 0 Å². The summed E-state index contributed by atoms with van der Waals surface area (Å²) in [5.41, 5.74) is 1.09. The molecule has 1 aromatic heterocycles. The highest BCUT2D eigenvalue weighted by Crippen LogP contribution is 2.28. The summed E-state index contributed by atoms with van der Waals surface area (Å²) in [5.74, 6) is -0.661. The Bertz CT molecular complexity index is 957. The first-order chi connectivity index (χ1) is 13.0. The van der Waals surface area contributed by atoms with E-state index >= 15 is 0 Å². The van der Waals surface area contributed by atoms with Gasteiger partial charge in [-0.15, -0.1) is 10.2 Å². The predicted octanol–water partition coefficient (Wildman–Crippen LogP) is 5.41. The number of hydrogen-bond donors (Lipinski definition) is 1. The summed E-state index contributed by atoms with van der Waals surface area (Å²) in [4.78, 5) is 12.0. The van der Waals surface area contributed by atoms with Crippen LogP contribution in [0.4, 0.5) is 13.9 Å². The minimum absolute atomic E-state index is 0.141. The molecular weight excluding hydrogens is 412 g/mol. The highest BCUT2D eigenvalue weighted by Gasteiger charge is 2.08. The van der Waals surface area contributed by atoms with Crippen LogP contribution in [0.25, 0.3) is 6.08 Å². The highest BCUT2D eigenvalue weighted by atomic mass is 35.5. The van der Waals surface area contributed by atoms with Crippen LogP contribution in [-0.4, -0.2) is 16.1 Å². The average Bonchev–Trinajstić information content (AvgIpc) is 3.08. The van der Waals surface area contributed by atoms with E-state index < -0.39 is 11.7 Å². The number of rotatable bonds is 6. The molecule has 0 aliphatic rings. The van der Waals surface area contributed by atoms with Gasteiger partial charge in [0.2, 0.25) is 11.0 Å². The Kier molecular flexibility index (Phi) is 6.54. The normalized spacial score (nSPS) is 11.1. The molecule has 0 saturated carbocycles. The fraction of sp³-hybridized carbons (Fsp3) is 0.0556. The molecule has 27 heavy (non-hydrogen) atoms. The molecule has 2 aromatic carbocycles. The molecule has 138 valence electrons. The van der Waals surface area contributed by atoms with Gasteiger partial charge in [-0.2, -0.15) is 0 Å². The summed E-state index contributed by atoms with van der Waals surface area (Å²) < 4.78 is 27.2. The summed E-state index contributed by atoms with van der Waals surface area (Å²) >= 11 is 8.54. The zero-order valence-corrected chi connectivity index (χ0v) is 16.0. The Hall–Kier alpha value is -2.29. The van der Waals surface area contributed by atoms with Gasteiger partial charge in [0.1, 0.15) is 11.6 Å². The lowest BCUT2D eigenvalue weighted by molar-refractivity contribution is -0.111. The number of carbonyl (C=O) groups excluding carboxylic acids is 1. The second-order valence-corrected chi connectivity index (χ2v) is 7.85. The Morgan fingerprint density at radius 2 is 1.96 bits per heavy atom. The molecule has 4 nitrogen and oxygen atoms in total. The topological polar surface area (TPSA) is 54.9 Å². The van der Waals surface area contributed by atoms with E-state index in [4.69, 9.17) is 11.6 Å². The van der Waals surface area contributed by atoms with Crippen molar-refractivity contribution in [1.82, 2.24) is 10.2 Å². The molecule has 3 rings (SSSR count). The van der Waals surface area contributed by atoms with Crippen molar-refractivity contribution < 1.29 is 13.6 Å². The van der Waals surface area contributed by atoms with Crippen LogP contribution in [0.3, 0.4) is 0 Å². The molecule has 1 amide bonds. The summed E-state index contributed by atoms with van der Waals surface area (Å²) in [6.45, 7) is 0. The maximum atomic E-state index is 13.7. The number of hydrogen-bond acceptors (Lipinski definition) is 5. The molecule has 1 N–H and O–H groups in total. The number of anilines is 1. The third-order valence-corrected chi connectivity index (χ3v) is 5.69. The number of nitrogens with zero attached hydrogens (tertiary/aromatic N) is 2. The first-order valence-electron chi connectivity index (χ1n) is 7.65. The molecule has 0 saturated heterocycles. The van der Waals surface area contributed by atoms with Crippen molar-refractivity contribution in [3.05, 3.63) is 76.3 Å². The largest absolute Gasteiger partial charge is 0.297 e.